The summed E-state index contributed by atoms with van der Waals surface area (Å²) in [5.74, 6) is 7.81. The van der Waals surface area contributed by atoms with Crippen LogP contribution in [0.4, 0.5) is 0 Å². The molecule has 3 aromatic carbocycles. The summed E-state index contributed by atoms with van der Waals surface area (Å²) in [6.07, 6.45) is 1.97. The van der Waals surface area contributed by atoms with Crippen molar-refractivity contribution in [1.82, 2.24) is 4.98 Å². The first-order valence-corrected chi connectivity index (χ1v) is 19.5. The van der Waals surface area contributed by atoms with Gasteiger partial charge in [0.15, 0.2) is 0 Å². The van der Waals surface area contributed by atoms with Gasteiger partial charge in [-0.3, -0.25) is 0 Å². The molecule has 2 aromatic heterocycles. The van der Waals surface area contributed by atoms with Crippen molar-refractivity contribution in [2.75, 3.05) is 0 Å². The average Bonchev–Trinajstić information content (AvgIpc) is 3.21. The molecule has 0 fully saturated rings. The molecular formula is C29H29GeNS. The molecule has 160 valence electrons. The SMILES string of the molecule is CC(C)c1cc(-c2nccc3c[c]([Ge]([CH3])([CH3])[CH3])ccc23)cc2cc(-c3ccccc3)sc12. The van der Waals surface area contributed by atoms with E-state index in [2.05, 4.69) is 104 Å². The van der Waals surface area contributed by atoms with Gasteiger partial charge in [0.1, 0.15) is 0 Å². The molecule has 0 aliphatic heterocycles. The van der Waals surface area contributed by atoms with Gasteiger partial charge in [-0.05, 0) is 0 Å². The van der Waals surface area contributed by atoms with E-state index in [0.29, 0.717) is 5.92 Å². The number of rotatable bonds is 4. The molecule has 0 N–H and O–H groups in total. The van der Waals surface area contributed by atoms with Gasteiger partial charge in [-0.25, -0.2) is 0 Å². The Morgan fingerprint density at radius 2 is 1.56 bits per heavy atom. The number of nitrogens with zero attached hydrogens (tertiary/aromatic N) is 1. The molecule has 0 aliphatic rings. The second-order valence-corrected chi connectivity index (χ2v) is 21.7. The zero-order valence-corrected chi connectivity index (χ0v) is 22.4. The second-order valence-electron chi connectivity index (χ2n) is 9.96. The zero-order chi connectivity index (χ0) is 22.5. The van der Waals surface area contributed by atoms with Crippen molar-refractivity contribution >= 4 is 49.9 Å². The Morgan fingerprint density at radius 3 is 2.28 bits per heavy atom. The topological polar surface area (TPSA) is 12.9 Å². The Hall–Kier alpha value is -2.43. The summed E-state index contributed by atoms with van der Waals surface area (Å²) in [6.45, 7) is 4.58. The standard InChI is InChI=1S/C29H29GeNS/c1-19(2)26-17-22(15-23-18-27(32-29(23)26)20-9-7-6-8-10-20)28-25-12-11-24(30(3,4)5)16-21(25)13-14-31-28/h6-19H,1-5H3. The van der Waals surface area contributed by atoms with E-state index < -0.39 is 13.3 Å². The first kappa shape index (κ1) is 21.4. The van der Waals surface area contributed by atoms with Gasteiger partial charge in [-0.1, -0.05) is 18.2 Å². The zero-order valence-electron chi connectivity index (χ0n) is 19.4. The summed E-state index contributed by atoms with van der Waals surface area (Å²) in [6, 6.07) is 27.0. The van der Waals surface area contributed by atoms with Crippen molar-refractivity contribution in [3.63, 3.8) is 0 Å². The molecule has 0 spiro atoms. The monoisotopic (exact) mass is 497 g/mol. The van der Waals surface area contributed by atoms with E-state index in [0.717, 1.165) is 5.69 Å². The third-order valence-corrected chi connectivity index (χ3v) is 11.8. The fourth-order valence-electron chi connectivity index (χ4n) is 4.36. The van der Waals surface area contributed by atoms with Crippen LogP contribution in [0.2, 0.25) is 17.3 Å². The van der Waals surface area contributed by atoms with Crippen LogP contribution in [0.3, 0.4) is 0 Å². The van der Waals surface area contributed by atoms with Crippen molar-refractivity contribution in [3.05, 3.63) is 84.6 Å². The Bertz CT molecular complexity index is 1420. The number of hydrogen-bond donors (Lipinski definition) is 0. The molecule has 0 amide bonds. The maximum atomic E-state index is 4.86. The molecule has 0 saturated heterocycles. The van der Waals surface area contributed by atoms with Crippen LogP contribution in [0.1, 0.15) is 25.3 Å². The van der Waals surface area contributed by atoms with Crippen LogP contribution in [0, 0.1) is 0 Å². The van der Waals surface area contributed by atoms with Gasteiger partial charge in [-0.2, -0.15) is 0 Å². The molecular weight excluding hydrogens is 467 g/mol. The number of pyridine rings is 1. The van der Waals surface area contributed by atoms with E-state index in [9.17, 15) is 0 Å². The minimum absolute atomic E-state index is 0.454. The van der Waals surface area contributed by atoms with Gasteiger partial charge < -0.3 is 0 Å². The van der Waals surface area contributed by atoms with Crippen molar-refractivity contribution in [2.45, 2.75) is 37.0 Å². The second kappa shape index (κ2) is 8.17. The van der Waals surface area contributed by atoms with Gasteiger partial charge in [0.25, 0.3) is 0 Å². The normalized spacial score (nSPS) is 12.2. The molecule has 2 heterocycles. The fraction of sp³-hybridized carbons (Fsp3) is 0.207. The van der Waals surface area contributed by atoms with E-state index in [4.69, 9.17) is 4.98 Å². The molecule has 0 radical (unpaired) electrons. The summed E-state index contributed by atoms with van der Waals surface area (Å²) in [5, 5.41) is 3.86. The predicted octanol–water partition coefficient (Wildman–Crippen LogP) is 8.45. The summed E-state index contributed by atoms with van der Waals surface area (Å²) in [7, 11) is 0. The molecule has 0 bridgehead atoms. The average molecular weight is 496 g/mol. The van der Waals surface area contributed by atoms with Crippen LogP contribution >= 0.6 is 11.3 Å². The number of aromatic nitrogens is 1. The van der Waals surface area contributed by atoms with Gasteiger partial charge >= 0.3 is 180 Å². The van der Waals surface area contributed by atoms with Gasteiger partial charge in [-0.15, -0.1) is 0 Å². The number of thiophene rings is 1. The fourth-order valence-corrected chi connectivity index (χ4v) is 8.13. The van der Waals surface area contributed by atoms with Crippen molar-refractivity contribution in [3.8, 4) is 21.7 Å². The first-order valence-electron chi connectivity index (χ1n) is 11.3. The molecule has 1 nitrogen and oxygen atoms in total. The van der Waals surface area contributed by atoms with E-state index in [1.165, 1.54) is 42.4 Å². The third-order valence-electron chi connectivity index (χ3n) is 6.23. The molecule has 0 saturated carbocycles. The number of benzene rings is 3. The van der Waals surface area contributed by atoms with E-state index in [-0.39, 0.29) is 0 Å². The van der Waals surface area contributed by atoms with Gasteiger partial charge in [0, 0.05) is 0 Å². The van der Waals surface area contributed by atoms with Crippen LogP contribution in [-0.4, -0.2) is 18.3 Å². The van der Waals surface area contributed by atoms with Crippen molar-refractivity contribution < 1.29 is 0 Å². The molecule has 0 aliphatic carbocycles. The maximum absolute atomic E-state index is 4.86. The Labute approximate surface area is 197 Å². The molecule has 3 heteroatoms. The summed E-state index contributed by atoms with van der Waals surface area (Å²) >= 11 is 0.0271. The molecule has 5 rings (SSSR count). The molecule has 32 heavy (non-hydrogen) atoms. The number of fused-ring (bicyclic) bond motifs is 2. The quantitative estimate of drug-likeness (QED) is 0.228. The number of hydrogen-bond acceptors (Lipinski definition) is 2. The Balaban J connectivity index is 1.71. The molecule has 0 unspecified atom stereocenters. The third kappa shape index (κ3) is 3.91. The van der Waals surface area contributed by atoms with Crippen molar-refractivity contribution in [1.29, 1.82) is 0 Å². The Kier molecular flexibility index (Phi) is 5.47. The van der Waals surface area contributed by atoms with E-state index in [1.54, 1.807) is 4.40 Å². The molecule has 5 aromatic rings. The van der Waals surface area contributed by atoms with Crippen LogP contribution in [-0.2, 0) is 0 Å². The minimum atomic E-state index is -1.88. The predicted molar refractivity (Wildman–Crippen MR) is 145 cm³/mol. The van der Waals surface area contributed by atoms with E-state index in [1.807, 2.05) is 17.5 Å². The van der Waals surface area contributed by atoms with Crippen LogP contribution in [0.15, 0.2) is 79.0 Å². The van der Waals surface area contributed by atoms with Crippen LogP contribution < -0.4 is 4.40 Å². The first-order chi connectivity index (χ1) is 15.3. The Morgan fingerprint density at radius 1 is 0.781 bits per heavy atom. The van der Waals surface area contributed by atoms with Crippen molar-refractivity contribution in [2.24, 2.45) is 0 Å². The summed E-state index contributed by atoms with van der Waals surface area (Å²) < 4.78 is 2.93. The van der Waals surface area contributed by atoms with Gasteiger partial charge in [0.2, 0.25) is 0 Å². The molecule has 0 atom stereocenters. The van der Waals surface area contributed by atoms with Crippen LogP contribution in [0.25, 0.3) is 42.6 Å². The summed E-state index contributed by atoms with van der Waals surface area (Å²) in [5.41, 5.74) is 5.00. The van der Waals surface area contributed by atoms with Gasteiger partial charge in [0.05, 0.1) is 0 Å². The van der Waals surface area contributed by atoms with E-state index >= 15 is 0 Å². The summed E-state index contributed by atoms with van der Waals surface area (Å²) in [4.78, 5) is 6.19. The van der Waals surface area contributed by atoms with Crippen LogP contribution in [0.5, 0.6) is 0 Å².